The van der Waals surface area contributed by atoms with Crippen LogP contribution in [0.5, 0.6) is 5.88 Å². The topological polar surface area (TPSA) is 47.0 Å². The molecule has 4 nitrogen and oxygen atoms in total. The highest BCUT2D eigenvalue weighted by Crippen LogP contribution is 2.27. The molecule has 5 heteroatoms. The lowest BCUT2D eigenvalue weighted by Crippen LogP contribution is -2.07. The minimum absolute atomic E-state index is 0.122. The summed E-state index contributed by atoms with van der Waals surface area (Å²) >= 11 is 6.05. The molecule has 1 unspecified atom stereocenters. The number of ether oxygens (including phenoxy) is 1. The maximum atomic E-state index is 6.05. The number of hydrogen-bond acceptors (Lipinski definition) is 4. The first-order chi connectivity index (χ1) is 9.20. The average molecular weight is 278 g/mol. The van der Waals surface area contributed by atoms with Crippen molar-refractivity contribution < 1.29 is 4.74 Å². The van der Waals surface area contributed by atoms with E-state index >= 15 is 0 Å². The van der Waals surface area contributed by atoms with Crippen LogP contribution in [0, 0.1) is 0 Å². The van der Waals surface area contributed by atoms with E-state index in [9.17, 15) is 0 Å². The summed E-state index contributed by atoms with van der Waals surface area (Å²) in [5.41, 5.74) is 1.07. The average Bonchev–Trinajstić information content (AvgIpc) is 2.44. The lowest BCUT2D eigenvalue weighted by atomic mass is 10.1. The summed E-state index contributed by atoms with van der Waals surface area (Å²) < 4.78 is 5.80. The van der Waals surface area contributed by atoms with Crippen LogP contribution in [0.1, 0.15) is 25.5 Å². The van der Waals surface area contributed by atoms with E-state index in [-0.39, 0.29) is 6.10 Å². The number of hydrogen-bond donors (Lipinski definition) is 1. The van der Waals surface area contributed by atoms with Crippen molar-refractivity contribution in [1.29, 1.82) is 0 Å². The van der Waals surface area contributed by atoms with Crippen LogP contribution in [-0.2, 0) is 0 Å². The Morgan fingerprint density at radius 1 is 1.32 bits per heavy atom. The standard InChI is InChI=1S/C14H16ClN3O/c1-3-16-14-17-9-12(15)13(18-14)19-10(2)11-7-5-4-6-8-11/h4-10H,3H2,1-2H3,(H,16,17,18). The molecule has 19 heavy (non-hydrogen) atoms. The number of nitrogens with zero attached hydrogens (tertiary/aromatic N) is 2. The van der Waals surface area contributed by atoms with Crippen molar-refractivity contribution in [2.45, 2.75) is 20.0 Å². The summed E-state index contributed by atoms with van der Waals surface area (Å²) in [5.74, 6) is 0.908. The minimum atomic E-state index is -0.122. The summed E-state index contributed by atoms with van der Waals surface area (Å²) in [6.45, 7) is 4.68. The Hall–Kier alpha value is -1.81. The van der Waals surface area contributed by atoms with Gasteiger partial charge in [-0.25, -0.2) is 4.98 Å². The van der Waals surface area contributed by atoms with Gasteiger partial charge in [0.05, 0.1) is 6.20 Å². The monoisotopic (exact) mass is 277 g/mol. The Labute approximate surface area is 117 Å². The number of anilines is 1. The van der Waals surface area contributed by atoms with Gasteiger partial charge in [-0.1, -0.05) is 41.9 Å². The highest BCUT2D eigenvalue weighted by molar-refractivity contribution is 6.31. The van der Waals surface area contributed by atoms with Gasteiger partial charge in [-0.3, -0.25) is 0 Å². The first kappa shape index (κ1) is 13.6. The molecule has 1 heterocycles. The molecule has 0 amide bonds. The molecule has 0 spiro atoms. The fourth-order valence-corrected chi connectivity index (χ4v) is 1.77. The number of halogens is 1. The highest BCUT2D eigenvalue weighted by Gasteiger charge is 2.12. The number of nitrogens with one attached hydrogen (secondary N) is 1. The molecular weight excluding hydrogens is 262 g/mol. The van der Waals surface area contributed by atoms with Crippen LogP contribution in [0.3, 0.4) is 0 Å². The normalized spacial score (nSPS) is 11.9. The number of benzene rings is 1. The van der Waals surface area contributed by atoms with Crippen LogP contribution in [0.25, 0.3) is 0 Å². The van der Waals surface area contributed by atoms with E-state index in [1.165, 1.54) is 0 Å². The zero-order valence-corrected chi connectivity index (χ0v) is 11.7. The van der Waals surface area contributed by atoms with Crippen LogP contribution < -0.4 is 10.1 Å². The van der Waals surface area contributed by atoms with E-state index in [1.807, 2.05) is 44.2 Å². The predicted molar refractivity (Wildman–Crippen MR) is 76.7 cm³/mol. The number of rotatable bonds is 5. The van der Waals surface area contributed by atoms with E-state index in [0.29, 0.717) is 16.9 Å². The molecular formula is C14H16ClN3O. The molecule has 1 atom stereocenters. The van der Waals surface area contributed by atoms with Crippen molar-refractivity contribution in [3.05, 3.63) is 47.1 Å². The van der Waals surface area contributed by atoms with Crippen LogP contribution in [0.4, 0.5) is 5.95 Å². The maximum Gasteiger partial charge on any atom is 0.238 e. The van der Waals surface area contributed by atoms with Crippen LogP contribution in [0.2, 0.25) is 5.02 Å². The zero-order valence-electron chi connectivity index (χ0n) is 10.9. The molecule has 0 radical (unpaired) electrons. The van der Waals surface area contributed by atoms with E-state index in [2.05, 4.69) is 15.3 Å². The summed E-state index contributed by atoms with van der Waals surface area (Å²) in [7, 11) is 0. The fourth-order valence-electron chi connectivity index (χ4n) is 1.64. The molecule has 0 aliphatic carbocycles. The Kier molecular flexibility index (Phi) is 4.58. The summed E-state index contributed by atoms with van der Waals surface area (Å²) in [6, 6.07) is 9.93. The second-order valence-corrected chi connectivity index (χ2v) is 4.45. The van der Waals surface area contributed by atoms with E-state index in [4.69, 9.17) is 16.3 Å². The maximum absolute atomic E-state index is 6.05. The second-order valence-electron chi connectivity index (χ2n) is 4.05. The van der Waals surface area contributed by atoms with Crippen molar-refractivity contribution >= 4 is 17.5 Å². The van der Waals surface area contributed by atoms with Gasteiger partial charge >= 0.3 is 0 Å². The van der Waals surface area contributed by atoms with Gasteiger partial charge in [0.15, 0.2) is 0 Å². The summed E-state index contributed by atoms with van der Waals surface area (Å²) in [6.07, 6.45) is 1.42. The quantitative estimate of drug-likeness (QED) is 0.905. The first-order valence-corrected chi connectivity index (χ1v) is 6.56. The SMILES string of the molecule is CCNc1ncc(Cl)c(OC(C)c2ccccc2)n1. The van der Waals surface area contributed by atoms with Crippen LogP contribution in [0.15, 0.2) is 36.5 Å². The molecule has 0 saturated heterocycles. The van der Waals surface area contributed by atoms with Gasteiger partial charge in [-0.2, -0.15) is 4.98 Å². The van der Waals surface area contributed by atoms with Gasteiger partial charge in [-0.05, 0) is 19.4 Å². The molecule has 1 N–H and O–H groups in total. The summed E-state index contributed by atoms with van der Waals surface area (Å²) in [5, 5.41) is 3.43. The van der Waals surface area contributed by atoms with Gasteiger partial charge in [-0.15, -0.1) is 0 Å². The third-order valence-electron chi connectivity index (χ3n) is 2.60. The molecule has 1 aromatic carbocycles. The fraction of sp³-hybridized carbons (Fsp3) is 0.286. The molecule has 1 aromatic heterocycles. The molecule has 0 aliphatic heterocycles. The van der Waals surface area contributed by atoms with Gasteiger partial charge in [0, 0.05) is 6.54 Å². The van der Waals surface area contributed by atoms with Crippen molar-refractivity contribution in [3.8, 4) is 5.88 Å². The minimum Gasteiger partial charge on any atom is -0.469 e. The van der Waals surface area contributed by atoms with Crippen molar-refractivity contribution in [1.82, 2.24) is 9.97 Å². The molecule has 0 aliphatic rings. The lowest BCUT2D eigenvalue weighted by molar-refractivity contribution is 0.217. The van der Waals surface area contributed by atoms with Crippen molar-refractivity contribution in [3.63, 3.8) is 0 Å². The van der Waals surface area contributed by atoms with Gasteiger partial charge in [0.1, 0.15) is 11.1 Å². The smallest absolute Gasteiger partial charge is 0.238 e. The van der Waals surface area contributed by atoms with Gasteiger partial charge in [0.25, 0.3) is 0 Å². The predicted octanol–water partition coefficient (Wildman–Crippen LogP) is 3.70. The Morgan fingerprint density at radius 2 is 2.05 bits per heavy atom. The first-order valence-electron chi connectivity index (χ1n) is 6.18. The molecule has 0 saturated carbocycles. The highest BCUT2D eigenvalue weighted by atomic mass is 35.5. The van der Waals surface area contributed by atoms with Crippen molar-refractivity contribution in [2.24, 2.45) is 0 Å². The van der Waals surface area contributed by atoms with E-state index in [1.54, 1.807) is 6.20 Å². The second kappa shape index (κ2) is 6.38. The van der Waals surface area contributed by atoms with E-state index < -0.39 is 0 Å². The van der Waals surface area contributed by atoms with Gasteiger partial charge < -0.3 is 10.1 Å². The zero-order chi connectivity index (χ0) is 13.7. The third-order valence-corrected chi connectivity index (χ3v) is 2.86. The van der Waals surface area contributed by atoms with Crippen LogP contribution >= 0.6 is 11.6 Å². The molecule has 100 valence electrons. The largest absolute Gasteiger partial charge is 0.469 e. The molecule has 0 fully saturated rings. The van der Waals surface area contributed by atoms with Gasteiger partial charge in [0.2, 0.25) is 11.8 Å². The lowest BCUT2D eigenvalue weighted by Gasteiger charge is -2.15. The Morgan fingerprint density at radius 3 is 2.74 bits per heavy atom. The van der Waals surface area contributed by atoms with Crippen molar-refractivity contribution in [2.75, 3.05) is 11.9 Å². The van der Waals surface area contributed by atoms with E-state index in [0.717, 1.165) is 12.1 Å². The third kappa shape index (κ3) is 3.58. The molecule has 2 aromatic rings. The summed E-state index contributed by atoms with van der Waals surface area (Å²) in [4.78, 5) is 8.33. The molecule has 2 rings (SSSR count). The molecule has 0 bridgehead atoms. The Bertz CT molecular complexity index is 533. The van der Waals surface area contributed by atoms with Crippen LogP contribution in [-0.4, -0.2) is 16.5 Å². The number of aromatic nitrogens is 2. The Balaban J connectivity index is 2.16.